The number of allylic oxidation sites excluding steroid dienone is 7. The highest BCUT2D eigenvalue weighted by molar-refractivity contribution is 8.14. The summed E-state index contributed by atoms with van der Waals surface area (Å²) in [6.45, 7) is 7.87. The fourth-order valence-electron chi connectivity index (χ4n) is 13.0. The highest BCUT2D eigenvalue weighted by atomic mass is 32.2. The normalized spacial score (nSPS) is 21.4. The van der Waals surface area contributed by atoms with Crippen LogP contribution in [0, 0.1) is 34.0 Å². The molecule has 1 saturated carbocycles. The number of nitrogens with one attached hydrogen (secondary N) is 1. The Labute approximate surface area is 527 Å². The summed E-state index contributed by atoms with van der Waals surface area (Å²) in [5.41, 5.74) is 12.4. The lowest BCUT2D eigenvalue weighted by Crippen LogP contribution is -2.48. The minimum atomic E-state index is -5.73. The van der Waals surface area contributed by atoms with E-state index in [9.17, 15) is 15.8 Å². The molecule has 90 heavy (non-hydrogen) atoms. The molecule has 0 aromatic heterocycles. The lowest BCUT2D eigenvalue weighted by molar-refractivity contribution is -0.258. The van der Waals surface area contributed by atoms with Crippen LogP contribution in [-0.4, -0.2) is 39.8 Å². The second-order valence-corrected chi connectivity index (χ2v) is 26.1. The van der Waals surface area contributed by atoms with Crippen LogP contribution in [0.15, 0.2) is 264 Å². The first-order valence-corrected chi connectivity index (χ1v) is 30.9. The Morgan fingerprint density at radius 1 is 0.400 bits per heavy atom. The number of halogens is 6. The van der Waals surface area contributed by atoms with Crippen molar-refractivity contribution < 1.29 is 26.3 Å². The van der Waals surface area contributed by atoms with Gasteiger partial charge in [-0.1, -0.05) is 218 Å². The SMILES string of the molecule is CC(=C(C#N)C#N)c1ccc(/C(=C(\c2ccccc2)c2ccc(C3=CC4=C5C(=C6C=C(c7ccc(/C(=C(\c8ccccc8)c8ccc(/C(C)=C(/C#N)C9CN9)cc8)c8ccccc8)cc7)SC6(C)C4(C)S3)C(F)(F)C(F)(F)C5(F)F)cc2)c2ccccc2)cc1. The van der Waals surface area contributed by atoms with E-state index in [-0.39, 0.29) is 22.8 Å². The molecule has 5 aliphatic rings. The molecule has 2 aliphatic carbocycles. The third kappa shape index (κ3) is 9.67. The van der Waals surface area contributed by atoms with Gasteiger partial charge < -0.3 is 5.32 Å². The van der Waals surface area contributed by atoms with E-state index in [0.717, 1.165) is 84.5 Å². The summed E-state index contributed by atoms with van der Waals surface area (Å²) in [5.74, 6) is -16.2. The van der Waals surface area contributed by atoms with Crippen molar-refractivity contribution in [3.05, 3.63) is 331 Å². The van der Waals surface area contributed by atoms with E-state index in [1.54, 1.807) is 20.8 Å². The van der Waals surface area contributed by atoms with Crippen LogP contribution in [-0.2, 0) is 0 Å². The topological polar surface area (TPSA) is 93.3 Å². The molecule has 3 atom stereocenters. The summed E-state index contributed by atoms with van der Waals surface area (Å²) in [7, 11) is 0. The first-order chi connectivity index (χ1) is 43.3. The highest BCUT2D eigenvalue weighted by Gasteiger charge is 2.84. The summed E-state index contributed by atoms with van der Waals surface area (Å²) < 4.78 is 96.3. The third-order valence-electron chi connectivity index (χ3n) is 18.1. The van der Waals surface area contributed by atoms with Gasteiger partial charge in [-0.2, -0.15) is 42.1 Å². The number of hydrogen-bond donors (Lipinski definition) is 1. The lowest BCUT2D eigenvalue weighted by Gasteiger charge is -2.47. The Hall–Kier alpha value is -9.61. The molecule has 4 nitrogen and oxygen atoms in total. The molecule has 1 saturated heterocycles. The van der Waals surface area contributed by atoms with Gasteiger partial charge in [0.25, 0.3) is 0 Å². The van der Waals surface area contributed by atoms with Crippen molar-refractivity contribution in [2.45, 2.75) is 61.0 Å². The number of fused-ring (bicyclic) bond motifs is 4. The fraction of sp³-hybridized carbons (Fsp3) is 0.141. The first kappa shape index (κ1) is 59.4. The number of nitrogens with zero attached hydrogens (tertiary/aromatic N) is 3. The first-order valence-electron chi connectivity index (χ1n) is 29.3. The van der Waals surface area contributed by atoms with Gasteiger partial charge in [0, 0.05) is 27.5 Å². The Balaban J connectivity index is 0.893. The Kier molecular flexibility index (Phi) is 15.0. The van der Waals surface area contributed by atoms with Gasteiger partial charge in [0.15, 0.2) is 0 Å². The molecule has 0 spiro atoms. The Morgan fingerprint density at radius 3 is 0.967 bits per heavy atom. The molecule has 3 heterocycles. The molecular formula is C78H54F6N4S2. The van der Waals surface area contributed by atoms with Gasteiger partial charge in [0.05, 0.1) is 27.2 Å². The standard InChI is InChI=1S/C78H54F6N4S2/c1-47(61(43-85)44-86)49-25-33-57(34-26-49)68(53-17-9-5-10-18-53)70(55-21-13-7-14-22-55)59-37-29-51(30-38-59)66-41-63-72-73(77(81,82)78(83,84)76(72,79)80)64-42-67(90-75(64,4)74(63,3)89-66)52-31-39-60(40-32-52)71(56-23-15-8-16-24-56)69(54-19-11-6-12-20-54)58-35-27-50(28-36-58)48(2)62(45-87)65-46-88-65/h5-42,65,88H,46H2,1-4H3/b62-48-,70-68+,71-69+. The predicted octanol–water partition coefficient (Wildman–Crippen LogP) is 19.7. The third-order valence-corrected chi connectivity index (χ3v) is 21.4. The molecule has 2 fully saturated rings. The molecule has 8 aromatic carbocycles. The minimum absolute atomic E-state index is 0.0133. The van der Waals surface area contributed by atoms with Gasteiger partial charge in [-0.05, 0) is 151 Å². The second kappa shape index (κ2) is 22.8. The zero-order valence-electron chi connectivity index (χ0n) is 49.1. The minimum Gasteiger partial charge on any atom is -0.306 e. The van der Waals surface area contributed by atoms with Gasteiger partial charge in [-0.15, -0.1) is 23.5 Å². The van der Waals surface area contributed by atoms with E-state index in [4.69, 9.17) is 0 Å². The number of thioether (sulfide) groups is 2. The number of alkyl halides is 6. The monoisotopic (exact) mass is 1220 g/mol. The van der Waals surface area contributed by atoms with Crippen LogP contribution < -0.4 is 5.32 Å². The van der Waals surface area contributed by atoms with Crippen LogP contribution in [0.4, 0.5) is 26.3 Å². The van der Waals surface area contributed by atoms with Gasteiger partial charge in [0.1, 0.15) is 17.7 Å². The fourth-order valence-corrected chi connectivity index (χ4v) is 16.1. The Morgan fingerprint density at radius 2 is 0.678 bits per heavy atom. The van der Waals surface area contributed by atoms with Crippen molar-refractivity contribution in [1.82, 2.24) is 5.32 Å². The predicted molar refractivity (Wildman–Crippen MR) is 352 cm³/mol. The van der Waals surface area contributed by atoms with Crippen molar-refractivity contribution in [2.24, 2.45) is 0 Å². The highest BCUT2D eigenvalue weighted by Crippen LogP contribution is 2.75. The number of rotatable bonds is 13. The van der Waals surface area contributed by atoms with Crippen LogP contribution in [0.2, 0.25) is 0 Å². The zero-order valence-corrected chi connectivity index (χ0v) is 50.8. The van der Waals surface area contributed by atoms with Crippen LogP contribution in [0.25, 0.3) is 43.2 Å². The molecule has 3 unspecified atom stereocenters. The largest absolute Gasteiger partial charge is 0.380 e. The molecule has 440 valence electrons. The lowest BCUT2D eigenvalue weighted by atomic mass is 9.71. The maximum absolute atomic E-state index is 16.7. The van der Waals surface area contributed by atoms with Crippen molar-refractivity contribution in [2.75, 3.05) is 6.54 Å². The molecule has 8 aromatic rings. The summed E-state index contributed by atoms with van der Waals surface area (Å²) in [6.07, 6.45) is 2.85. The summed E-state index contributed by atoms with van der Waals surface area (Å²) >= 11 is 2.43. The molecule has 12 heteroatoms. The van der Waals surface area contributed by atoms with E-state index in [2.05, 4.69) is 23.5 Å². The number of hydrogen-bond acceptors (Lipinski definition) is 6. The molecule has 0 amide bonds. The summed E-state index contributed by atoms with van der Waals surface area (Å²) in [6, 6.07) is 77.0. The van der Waals surface area contributed by atoms with Crippen LogP contribution in [0.5, 0.6) is 0 Å². The number of benzene rings is 8. The smallest absolute Gasteiger partial charge is 0.306 e. The van der Waals surface area contributed by atoms with E-state index in [1.807, 2.05) is 225 Å². The molecule has 0 bridgehead atoms. The molecular weight excluding hydrogens is 1170 g/mol. The Bertz CT molecular complexity index is 4620. The summed E-state index contributed by atoms with van der Waals surface area (Å²) in [5, 5.41) is 32.5. The maximum atomic E-state index is 16.7. The maximum Gasteiger partial charge on any atom is 0.380 e. The van der Waals surface area contributed by atoms with E-state index < -0.39 is 38.4 Å². The van der Waals surface area contributed by atoms with Crippen LogP contribution in [0.1, 0.15) is 94.5 Å². The molecule has 3 aliphatic heterocycles. The van der Waals surface area contributed by atoms with E-state index in [0.29, 0.717) is 37.6 Å². The van der Waals surface area contributed by atoms with Crippen molar-refractivity contribution in [3.63, 3.8) is 0 Å². The van der Waals surface area contributed by atoms with Crippen LogP contribution >= 0.6 is 23.5 Å². The van der Waals surface area contributed by atoms with E-state index >= 15 is 26.3 Å². The van der Waals surface area contributed by atoms with Crippen molar-refractivity contribution in [3.8, 4) is 18.2 Å². The van der Waals surface area contributed by atoms with Gasteiger partial charge in [0.2, 0.25) is 0 Å². The van der Waals surface area contributed by atoms with Crippen LogP contribution in [0.3, 0.4) is 0 Å². The van der Waals surface area contributed by atoms with Crippen molar-refractivity contribution in [1.29, 1.82) is 15.8 Å². The zero-order chi connectivity index (χ0) is 62.9. The average molecular weight is 1230 g/mol. The van der Waals surface area contributed by atoms with Crippen molar-refractivity contribution >= 4 is 66.8 Å². The molecule has 0 radical (unpaired) electrons. The number of nitriles is 3. The quantitative estimate of drug-likeness (QED) is 0.0535. The average Bonchev–Trinajstić information content (AvgIpc) is 1.49. The summed E-state index contributed by atoms with van der Waals surface area (Å²) in [4.78, 5) is 0.928. The van der Waals surface area contributed by atoms with E-state index in [1.165, 1.54) is 35.7 Å². The van der Waals surface area contributed by atoms with Gasteiger partial charge in [-0.25, -0.2) is 0 Å². The molecule has 13 rings (SSSR count). The second-order valence-electron chi connectivity index (χ2n) is 23.2. The van der Waals surface area contributed by atoms with Gasteiger partial charge >= 0.3 is 17.8 Å². The molecule has 1 N–H and O–H groups in total. The van der Waals surface area contributed by atoms with Gasteiger partial charge in [-0.3, -0.25) is 0 Å².